The molecule has 0 bridgehead atoms. The number of para-hydroxylation sites is 1. The molecule has 5 saturated heterocycles. The van der Waals surface area contributed by atoms with Gasteiger partial charge >= 0.3 is 0 Å². The Kier molecular flexibility index (Phi) is 31.5. The van der Waals surface area contributed by atoms with Crippen molar-refractivity contribution in [2.45, 2.75) is 105 Å². The fourth-order valence-electron chi connectivity index (χ4n) is 6.07. The monoisotopic (exact) mass is 939 g/mol. The molecule has 69 heavy (non-hydrogen) atoms. The number of unbranched alkanes of at least 4 members (excludes halogenated alkanes) is 1. The summed E-state index contributed by atoms with van der Waals surface area (Å²) < 4.78 is 34.9. The van der Waals surface area contributed by atoms with Crippen molar-refractivity contribution in [3.8, 4) is 5.75 Å². The van der Waals surface area contributed by atoms with Gasteiger partial charge in [0.25, 0.3) is 0 Å². The third kappa shape index (κ3) is 29.3. The molecule has 5 aliphatic rings. The van der Waals surface area contributed by atoms with Crippen molar-refractivity contribution in [1.82, 2.24) is 0 Å². The van der Waals surface area contributed by atoms with Gasteiger partial charge in [-0.25, -0.2) is 0 Å². The molecular weight excluding hydrogens is 857 g/mol. The van der Waals surface area contributed by atoms with Gasteiger partial charge in [0.05, 0.1) is 51.8 Å². The minimum Gasteiger partial charge on any atom is -0.491 e. The number of hydrogen-bond acceptors (Lipinski definition) is 7. The molecule has 0 spiro atoms. The van der Waals surface area contributed by atoms with E-state index in [4.69, 9.17) is 33.2 Å². The predicted octanol–water partition coefficient (Wildman–Crippen LogP) is 15.2. The molecule has 5 aliphatic heterocycles. The molecule has 5 heterocycles. The van der Waals surface area contributed by atoms with E-state index in [0.717, 1.165) is 45.4 Å². The van der Waals surface area contributed by atoms with Gasteiger partial charge < -0.3 is 33.2 Å². The van der Waals surface area contributed by atoms with E-state index in [1.165, 1.54) is 58.4 Å². The van der Waals surface area contributed by atoms with Crippen LogP contribution in [-0.4, -0.2) is 77.8 Å². The molecule has 5 unspecified atom stereocenters. The van der Waals surface area contributed by atoms with E-state index >= 15 is 0 Å². The first kappa shape index (κ1) is 57.9. The molecule has 0 aromatic heterocycles. The summed E-state index contributed by atoms with van der Waals surface area (Å²) in [7, 11) is 1.68. The highest BCUT2D eigenvalue weighted by atomic mass is 16.6. The molecule has 0 aliphatic carbocycles. The van der Waals surface area contributed by atoms with Crippen LogP contribution in [0.2, 0.25) is 0 Å². The van der Waals surface area contributed by atoms with Gasteiger partial charge in [-0.1, -0.05) is 224 Å². The smallest absolute Gasteiger partial charge is 0.119 e. The van der Waals surface area contributed by atoms with E-state index < -0.39 is 0 Å². The molecular formula is C62H82O7. The van der Waals surface area contributed by atoms with Crippen LogP contribution >= 0.6 is 0 Å². The van der Waals surface area contributed by atoms with E-state index in [1.807, 2.05) is 90.1 Å². The quantitative estimate of drug-likeness (QED) is 0.0944. The van der Waals surface area contributed by atoms with Gasteiger partial charge in [-0.2, -0.15) is 0 Å². The lowest BCUT2D eigenvalue weighted by atomic mass is 10.1. The van der Waals surface area contributed by atoms with E-state index in [-0.39, 0.29) is 0 Å². The summed E-state index contributed by atoms with van der Waals surface area (Å²) in [6, 6.07) is 64.2. The molecule has 372 valence electrons. The third-order valence-corrected chi connectivity index (χ3v) is 10.1. The van der Waals surface area contributed by atoms with Crippen molar-refractivity contribution in [3.63, 3.8) is 0 Å². The topological polar surface area (TPSA) is 81.1 Å². The van der Waals surface area contributed by atoms with Crippen LogP contribution in [0.5, 0.6) is 5.75 Å². The molecule has 0 amide bonds. The maximum atomic E-state index is 5.40. The Labute approximate surface area is 416 Å². The molecule has 7 nitrogen and oxygen atoms in total. The fourth-order valence-corrected chi connectivity index (χ4v) is 6.07. The lowest BCUT2D eigenvalue weighted by Gasteiger charge is -2.01. The summed E-state index contributed by atoms with van der Waals surface area (Å²) in [5, 5.41) is 5.24. The Morgan fingerprint density at radius 2 is 0.754 bits per heavy atom. The number of hydrogen-bond donors (Lipinski definition) is 0. The Morgan fingerprint density at radius 3 is 1.09 bits per heavy atom. The number of benzene rings is 7. The molecule has 7 aromatic rings. The van der Waals surface area contributed by atoms with Crippen LogP contribution < -0.4 is 4.74 Å². The zero-order chi connectivity index (χ0) is 49.6. The van der Waals surface area contributed by atoms with Gasteiger partial charge in [0.15, 0.2) is 0 Å². The van der Waals surface area contributed by atoms with Crippen LogP contribution in [-0.2, 0) is 34.8 Å². The predicted molar refractivity (Wildman–Crippen MR) is 290 cm³/mol. The zero-order valence-corrected chi connectivity index (χ0v) is 42.9. The van der Waals surface area contributed by atoms with E-state index in [2.05, 4.69) is 146 Å². The highest BCUT2D eigenvalue weighted by Crippen LogP contribution is 2.28. The third-order valence-electron chi connectivity index (χ3n) is 10.1. The number of ether oxygens (including phenoxy) is 7. The van der Waals surface area contributed by atoms with Crippen molar-refractivity contribution >= 4 is 21.5 Å². The lowest BCUT2D eigenvalue weighted by molar-refractivity contribution is 0.171. The minimum absolute atomic E-state index is 0.343. The Balaban J connectivity index is 0.000000213. The molecule has 7 aromatic carbocycles. The largest absolute Gasteiger partial charge is 0.491 e. The summed E-state index contributed by atoms with van der Waals surface area (Å²) in [4.78, 5) is 0. The number of aryl methyl sites for hydroxylation is 1. The SMILES string of the molecule is CC.CC.CC.CC1CO1.COCC1CO1.c1ccc(C2CO2)cc1.c1ccc(CCCCC2CO2)cc1.c1ccc(OCC2CO2)cc1.c1ccc2ccccc2c1.c1ccc2ccccc2c1. The van der Waals surface area contributed by atoms with Crippen molar-refractivity contribution in [2.24, 2.45) is 0 Å². The number of epoxide rings is 5. The number of methoxy groups -OCH3 is 1. The van der Waals surface area contributed by atoms with E-state index in [1.54, 1.807) is 7.11 Å². The van der Waals surface area contributed by atoms with Crippen molar-refractivity contribution < 1.29 is 33.2 Å². The van der Waals surface area contributed by atoms with Gasteiger partial charge in [-0.15, -0.1) is 0 Å². The Hall–Kier alpha value is -5.38. The highest BCUT2D eigenvalue weighted by Gasteiger charge is 2.24. The lowest BCUT2D eigenvalue weighted by Crippen LogP contribution is -2.03. The Bertz CT molecular complexity index is 2010. The van der Waals surface area contributed by atoms with E-state index in [9.17, 15) is 0 Å². The van der Waals surface area contributed by atoms with Crippen LogP contribution in [0.4, 0.5) is 0 Å². The van der Waals surface area contributed by atoms with Crippen LogP contribution in [0.25, 0.3) is 21.5 Å². The zero-order valence-electron chi connectivity index (χ0n) is 42.9. The summed E-state index contributed by atoms with van der Waals surface area (Å²) >= 11 is 0. The van der Waals surface area contributed by atoms with Gasteiger partial charge in [0.1, 0.15) is 30.7 Å². The first-order valence-electron chi connectivity index (χ1n) is 25.3. The second-order valence-corrected chi connectivity index (χ2v) is 15.7. The molecule has 0 radical (unpaired) electrons. The summed E-state index contributed by atoms with van der Waals surface area (Å²) in [5.41, 5.74) is 2.76. The second-order valence-electron chi connectivity index (χ2n) is 15.7. The molecule has 12 rings (SSSR count). The summed E-state index contributed by atoms with van der Waals surface area (Å²) in [5.74, 6) is 0.919. The van der Waals surface area contributed by atoms with Crippen LogP contribution in [0.3, 0.4) is 0 Å². The molecule has 0 N–H and O–H groups in total. The van der Waals surface area contributed by atoms with E-state index in [0.29, 0.717) is 37.1 Å². The average molecular weight is 939 g/mol. The highest BCUT2D eigenvalue weighted by molar-refractivity contribution is 5.82. The molecule has 5 atom stereocenters. The maximum Gasteiger partial charge on any atom is 0.119 e. The second kappa shape index (κ2) is 37.5. The van der Waals surface area contributed by atoms with Crippen molar-refractivity contribution in [3.05, 3.63) is 199 Å². The first-order valence-corrected chi connectivity index (χ1v) is 25.3. The van der Waals surface area contributed by atoms with Gasteiger partial charge in [0, 0.05) is 7.11 Å². The minimum atomic E-state index is 0.343. The standard InChI is InChI=1S/C12H16O.2C10H8.C9H10O2.C8H8O.C4H8O2.C3H6O.3C2H6/c1-2-6-11(7-3-1)8-4-5-9-12-10-13-12;2*1-2-6-10-8-4-3-7-9(10)5-1;1-2-4-8(5-3-1)10-6-9-7-11-9;1-2-4-7(5-3-1)8-6-9-8;1-5-2-4-3-6-4;1-3-2-4-3;3*1-2/h1-3,6-7,12H,4-5,8-10H2;2*1-8H;1-5,9H,6-7H2;1-5,8H,6H2;4H,2-3H2,1H3;3H,2H2,1H3;3*1-2H3. The number of fused-ring (bicyclic) bond motifs is 2. The van der Waals surface area contributed by atoms with Gasteiger partial charge in [0.2, 0.25) is 0 Å². The number of rotatable bonds is 11. The fraction of sp³-hybridized carbons (Fsp3) is 0.387. The van der Waals surface area contributed by atoms with Crippen LogP contribution in [0.1, 0.15) is 85.0 Å². The molecule has 0 saturated carbocycles. The normalized spacial score (nSPS) is 18.4. The van der Waals surface area contributed by atoms with Crippen LogP contribution in [0, 0.1) is 0 Å². The molecule has 7 heteroatoms. The Morgan fingerprint density at radius 1 is 0.406 bits per heavy atom. The summed E-state index contributed by atoms with van der Waals surface area (Å²) in [6.07, 6.45) is 7.44. The average Bonchev–Trinajstić information content (AvgIpc) is 4.21. The van der Waals surface area contributed by atoms with Gasteiger partial charge in [-0.3, -0.25) is 0 Å². The first-order chi connectivity index (χ1) is 34.1. The van der Waals surface area contributed by atoms with Crippen LogP contribution in [0.15, 0.2) is 188 Å². The maximum absolute atomic E-state index is 5.40. The van der Waals surface area contributed by atoms with Crippen molar-refractivity contribution in [1.29, 1.82) is 0 Å². The van der Waals surface area contributed by atoms with Gasteiger partial charge in [-0.05, 0) is 71.0 Å². The molecule has 5 fully saturated rings. The van der Waals surface area contributed by atoms with Crippen molar-refractivity contribution in [2.75, 3.05) is 53.4 Å². The summed E-state index contributed by atoms with van der Waals surface area (Å²) in [6.45, 7) is 20.2.